The molecule has 3 nitrogen and oxygen atoms in total. The van der Waals surface area contributed by atoms with Crippen LogP contribution in [0.4, 0.5) is 4.39 Å². The molecule has 4 heteroatoms. The molecule has 0 atom stereocenters. The number of carbonyl (C=O) groups is 1. The van der Waals surface area contributed by atoms with Crippen LogP contribution >= 0.6 is 0 Å². The van der Waals surface area contributed by atoms with Crippen LogP contribution in [-0.2, 0) is 11.3 Å². The first-order chi connectivity index (χ1) is 6.63. The van der Waals surface area contributed by atoms with E-state index < -0.39 is 5.82 Å². The number of hydrogen-bond donors (Lipinski definition) is 2. The van der Waals surface area contributed by atoms with Crippen molar-refractivity contribution >= 4 is 5.91 Å². The summed E-state index contributed by atoms with van der Waals surface area (Å²) in [5, 5.41) is 11.7. The van der Waals surface area contributed by atoms with Crippen molar-refractivity contribution in [1.29, 1.82) is 0 Å². The summed E-state index contributed by atoms with van der Waals surface area (Å²) in [5.74, 6) is -1.02. The third-order valence-electron chi connectivity index (χ3n) is 1.69. The maximum atomic E-state index is 12.5. The van der Waals surface area contributed by atoms with Crippen LogP contribution in [0.1, 0.15) is 5.56 Å². The molecule has 0 aliphatic rings. The Kier molecular flexibility index (Phi) is 3.23. The summed E-state index contributed by atoms with van der Waals surface area (Å²) in [4.78, 5) is 10.8. The molecule has 0 spiro atoms. The summed E-state index contributed by atoms with van der Waals surface area (Å²) in [6.45, 7) is 3.42. The van der Waals surface area contributed by atoms with E-state index in [1.807, 2.05) is 0 Å². The quantitative estimate of drug-likeness (QED) is 0.715. The van der Waals surface area contributed by atoms with Gasteiger partial charge in [0.1, 0.15) is 11.6 Å². The Hall–Kier alpha value is -1.84. The third-order valence-corrected chi connectivity index (χ3v) is 1.69. The zero-order chi connectivity index (χ0) is 10.6. The molecule has 74 valence electrons. The lowest BCUT2D eigenvalue weighted by Crippen LogP contribution is -2.19. The zero-order valence-corrected chi connectivity index (χ0v) is 7.46. The Morgan fingerprint density at radius 3 is 2.93 bits per heavy atom. The predicted molar refractivity (Wildman–Crippen MR) is 50.1 cm³/mol. The maximum Gasteiger partial charge on any atom is 0.243 e. The average molecular weight is 195 g/mol. The van der Waals surface area contributed by atoms with Gasteiger partial charge in [0.25, 0.3) is 0 Å². The van der Waals surface area contributed by atoms with E-state index in [1.165, 1.54) is 12.1 Å². The van der Waals surface area contributed by atoms with Gasteiger partial charge in [0.2, 0.25) is 5.91 Å². The Morgan fingerprint density at radius 2 is 2.36 bits per heavy atom. The molecule has 1 aromatic rings. The van der Waals surface area contributed by atoms with Crippen LogP contribution in [0, 0.1) is 5.82 Å². The van der Waals surface area contributed by atoms with Gasteiger partial charge >= 0.3 is 0 Å². The summed E-state index contributed by atoms with van der Waals surface area (Å²) in [7, 11) is 0. The van der Waals surface area contributed by atoms with Crippen LogP contribution in [0.25, 0.3) is 0 Å². The number of aromatic hydroxyl groups is 1. The van der Waals surface area contributed by atoms with Crippen molar-refractivity contribution in [3.05, 3.63) is 42.2 Å². The first kappa shape index (κ1) is 10.2. The topological polar surface area (TPSA) is 49.3 Å². The van der Waals surface area contributed by atoms with Gasteiger partial charge in [0.15, 0.2) is 0 Å². The lowest BCUT2D eigenvalue weighted by atomic mass is 10.2. The number of nitrogens with one attached hydrogen (secondary N) is 1. The van der Waals surface area contributed by atoms with Crippen LogP contribution < -0.4 is 5.32 Å². The summed E-state index contributed by atoms with van der Waals surface area (Å²) < 4.78 is 12.5. The van der Waals surface area contributed by atoms with Crippen molar-refractivity contribution in [3.8, 4) is 5.75 Å². The molecule has 0 aliphatic heterocycles. The second-order valence-electron chi connectivity index (χ2n) is 2.69. The number of hydrogen-bond acceptors (Lipinski definition) is 2. The third kappa shape index (κ3) is 2.58. The first-order valence-corrected chi connectivity index (χ1v) is 4.01. The molecule has 1 rings (SSSR count). The second kappa shape index (κ2) is 4.41. The molecule has 1 amide bonds. The molecular weight excluding hydrogens is 185 g/mol. The summed E-state index contributed by atoms with van der Waals surface area (Å²) in [6.07, 6.45) is 1.13. The Labute approximate surface area is 80.9 Å². The molecule has 1 aromatic carbocycles. The largest absolute Gasteiger partial charge is 0.507 e. The minimum absolute atomic E-state index is 0.150. The fourth-order valence-corrected chi connectivity index (χ4v) is 0.941. The molecule has 0 aromatic heterocycles. The predicted octanol–water partition coefficient (Wildman–Crippen LogP) is 1.33. The molecule has 0 unspecified atom stereocenters. The Balaban J connectivity index is 2.68. The highest BCUT2D eigenvalue weighted by molar-refractivity contribution is 5.86. The summed E-state index contributed by atoms with van der Waals surface area (Å²) in [5.41, 5.74) is 0.460. The van der Waals surface area contributed by atoms with Crippen molar-refractivity contribution in [1.82, 2.24) is 5.32 Å². The van der Waals surface area contributed by atoms with Crippen molar-refractivity contribution in [2.24, 2.45) is 0 Å². The van der Waals surface area contributed by atoms with Gasteiger partial charge in [-0.25, -0.2) is 4.39 Å². The van der Waals surface area contributed by atoms with E-state index in [0.717, 1.165) is 12.1 Å². The van der Waals surface area contributed by atoms with Crippen LogP contribution in [-0.4, -0.2) is 11.0 Å². The van der Waals surface area contributed by atoms with E-state index in [-0.39, 0.29) is 18.2 Å². The number of rotatable bonds is 3. The van der Waals surface area contributed by atoms with Crippen LogP contribution in [0.2, 0.25) is 0 Å². The minimum Gasteiger partial charge on any atom is -0.507 e. The van der Waals surface area contributed by atoms with Crippen molar-refractivity contribution < 1.29 is 14.3 Å². The molecule has 0 radical (unpaired) electrons. The first-order valence-electron chi connectivity index (χ1n) is 4.01. The summed E-state index contributed by atoms with van der Waals surface area (Å²) in [6, 6.07) is 3.62. The molecule has 14 heavy (non-hydrogen) atoms. The normalized spacial score (nSPS) is 9.50. The number of benzene rings is 1. The van der Waals surface area contributed by atoms with Crippen molar-refractivity contribution in [3.63, 3.8) is 0 Å². The number of halogens is 1. The van der Waals surface area contributed by atoms with Crippen molar-refractivity contribution in [2.75, 3.05) is 0 Å². The molecule has 0 fully saturated rings. The standard InChI is InChI=1S/C10H10FNO2/c1-2-10(14)12-6-7-3-4-8(11)5-9(7)13/h2-5,13H,1,6H2,(H,12,14). The van der Waals surface area contributed by atoms with E-state index in [1.54, 1.807) is 0 Å². The summed E-state index contributed by atoms with van der Waals surface area (Å²) >= 11 is 0. The fraction of sp³-hybridized carbons (Fsp3) is 0.100. The number of phenolic OH excluding ortho intramolecular Hbond substituents is 1. The van der Waals surface area contributed by atoms with E-state index >= 15 is 0 Å². The fourth-order valence-electron chi connectivity index (χ4n) is 0.941. The molecule has 2 N–H and O–H groups in total. The van der Waals surface area contributed by atoms with E-state index in [9.17, 15) is 14.3 Å². The number of amides is 1. The highest BCUT2D eigenvalue weighted by Gasteiger charge is 2.03. The molecule has 0 saturated heterocycles. The van der Waals surface area contributed by atoms with Gasteiger partial charge in [-0.05, 0) is 12.1 Å². The van der Waals surface area contributed by atoms with E-state index in [2.05, 4.69) is 11.9 Å². The number of phenols is 1. The smallest absolute Gasteiger partial charge is 0.243 e. The molecular formula is C10H10FNO2. The maximum absolute atomic E-state index is 12.5. The van der Waals surface area contributed by atoms with E-state index in [0.29, 0.717) is 5.56 Å². The van der Waals surface area contributed by atoms with Gasteiger partial charge < -0.3 is 10.4 Å². The van der Waals surface area contributed by atoms with Gasteiger partial charge in [-0.3, -0.25) is 4.79 Å². The molecule has 0 saturated carbocycles. The molecule has 0 bridgehead atoms. The lowest BCUT2D eigenvalue weighted by molar-refractivity contribution is -0.116. The minimum atomic E-state index is -0.513. The molecule has 0 heterocycles. The monoisotopic (exact) mass is 195 g/mol. The highest BCUT2D eigenvalue weighted by atomic mass is 19.1. The van der Waals surface area contributed by atoms with Gasteiger partial charge in [-0.1, -0.05) is 12.6 Å². The van der Waals surface area contributed by atoms with Crippen LogP contribution in [0.5, 0.6) is 5.75 Å². The van der Waals surface area contributed by atoms with Crippen LogP contribution in [0.15, 0.2) is 30.9 Å². The zero-order valence-electron chi connectivity index (χ0n) is 7.46. The Bertz CT molecular complexity index is 363. The highest BCUT2D eigenvalue weighted by Crippen LogP contribution is 2.17. The van der Waals surface area contributed by atoms with Gasteiger partial charge in [0, 0.05) is 18.2 Å². The Morgan fingerprint density at radius 1 is 1.64 bits per heavy atom. The average Bonchev–Trinajstić information content (AvgIpc) is 2.16. The SMILES string of the molecule is C=CC(=O)NCc1ccc(F)cc1O. The van der Waals surface area contributed by atoms with Gasteiger partial charge in [-0.15, -0.1) is 0 Å². The number of carbonyl (C=O) groups excluding carboxylic acids is 1. The van der Waals surface area contributed by atoms with Crippen molar-refractivity contribution in [2.45, 2.75) is 6.54 Å². The molecule has 0 aliphatic carbocycles. The van der Waals surface area contributed by atoms with Crippen LogP contribution in [0.3, 0.4) is 0 Å². The van der Waals surface area contributed by atoms with Gasteiger partial charge in [0.05, 0.1) is 0 Å². The second-order valence-corrected chi connectivity index (χ2v) is 2.69. The van der Waals surface area contributed by atoms with E-state index in [4.69, 9.17) is 0 Å². The lowest BCUT2D eigenvalue weighted by Gasteiger charge is -2.04. The van der Waals surface area contributed by atoms with Gasteiger partial charge in [-0.2, -0.15) is 0 Å².